The Balaban J connectivity index is 1.69. The van der Waals surface area contributed by atoms with Gasteiger partial charge in [-0.2, -0.15) is 0 Å². The Kier molecular flexibility index (Phi) is 4.17. The maximum absolute atomic E-state index is 3.57. The number of nitrogens with one attached hydrogen (secondary N) is 1. The molecule has 1 aliphatic rings. The predicted octanol–water partition coefficient (Wildman–Crippen LogP) is 3.48. The fourth-order valence-electron chi connectivity index (χ4n) is 2.12. The van der Waals surface area contributed by atoms with Crippen molar-refractivity contribution in [2.75, 3.05) is 6.54 Å². The van der Waals surface area contributed by atoms with Crippen molar-refractivity contribution in [3.8, 4) is 0 Å². The third-order valence-corrected chi connectivity index (χ3v) is 3.52. The van der Waals surface area contributed by atoms with Gasteiger partial charge in [0.15, 0.2) is 0 Å². The minimum absolute atomic E-state index is 0.675. The lowest BCUT2D eigenvalue weighted by atomic mass is 9.80. The van der Waals surface area contributed by atoms with Crippen LogP contribution in [0.4, 0.5) is 0 Å². The molecule has 16 heavy (non-hydrogen) atoms. The van der Waals surface area contributed by atoms with Gasteiger partial charge in [0, 0.05) is 12.6 Å². The molecule has 1 aromatic rings. The number of rotatable bonds is 5. The van der Waals surface area contributed by atoms with Crippen LogP contribution in [0.5, 0.6) is 0 Å². The second-order valence-corrected chi connectivity index (χ2v) is 4.70. The summed E-state index contributed by atoms with van der Waals surface area (Å²) in [6, 6.07) is 11.1. The lowest BCUT2D eigenvalue weighted by molar-refractivity contribution is 0.245. The molecule has 1 heteroatoms. The van der Waals surface area contributed by atoms with E-state index in [1.165, 1.54) is 24.8 Å². The first kappa shape index (κ1) is 11.4. The molecule has 0 amide bonds. The van der Waals surface area contributed by atoms with Crippen LogP contribution >= 0.6 is 0 Å². The van der Waals surface area contributed by atoms with Crippen molar-refractivity contribution in [1.29, 1.82) is 0 Å². The van der Waals surface area contributed by atoms with Gasteiger partial charge in [-0.1, -0.05) is 48.9 Å². The van der Waals surface area contributed by atoms with Gasteiger partial charge in [-0.25, -0.2) is 0 Å². The lowest BCUT2D eigenvalue weighted by Gasteiger charge is -2.31. The molecule has 0 heterocycles. The Hall–Kier alpha value is -1.08. The van der Waals surface area contributed by atoms with Crippen LogP contribution in [0.3, 0.4) is 0 Å². The van der Waals surface area contributed by atoms with Gasteiger partial charge in [0.1, 0.15) is 0 Å². The minimum atomic E-state index is 0.675. The lowest BCUT2D eigenvalue weighted by Crippen LogP contribution is -2.36. The molecule has 1 nitrogen and oxygen atoms in total. The maximum Gasteiger partial charge on any atom is 0.0140 e. The topological polar surface area (TPSA) is 12.0 Å². The van der Waals surface area contributed by atoms with E-state index in [1.807, 2.05) is 6.07 Å². The van der Waals surface area contributed by atoms with E-state index in [9.17, 15) is 0 Å². The van der Waals surface area contributed by atoms with Crippen molar-refractivity contribution in [2.24, 2.45) is 5.92 Å². The first-order chi connectivity index (χ1) is 7.86. The van der Waals surface area contributed by atoms with Crippen molar-refractivity contribution in [2.45, 2.75) is 32.2 Å². The molecule has 0 saturated heterocycles. The quantitative estimate of drug-likeness (QED) is 0.793. The molecule has 2 rings (SSSR count). The summed E-state index contributed by atoms with van der Waals surface area (Å²) in [5.74, 6) is 0.921. The summed E-state index contributed by atoms with van der Waals surface area (Å²) in [4.78, 5) is 0. The van der Waals surface area contributed by atoms with Gasteiger partial charge >= 0.3 is 0 Å². The normalized spacial score (nSPS) is 18.6. The fraction of sp³-hybridized carbons (Fsp3) is 0.467. The first-order valence-corrected chi connectivity index (χ1v) is 6.31. The standard InChI is InChI=1S/C15H21N/c1-13(15-10-5-11-15)16-12-6-9-14-7-3-2-4-8-14/h2-4,6-9,13,15-16H,5,10-12H2,1H3/b9-6+. The van der Waals surface area contributed by atoms with Gasteiger partial charge < -0.3 is 5.32 Å². The average Bonchev–Trinajstić information content (AvgIpc) is 2.23. The van der Waals surface area contributed by atoms with Crippen molar-refractivity contribution in [3.63, 3.8) is 0 Å². The Morgan fingerprint density at radius 1 is 1.31 bits per heavy atom. The average molecular weight is 215 g/mol. The molecule has 0 aromatic heterocycles. The van der Waals surface area contributed by atoms with Gasteiger partial charge in [0.25, 0.3) is 0 Å². The van der Waals surface area contributed by atoms with Crippen molar-refractivity contribution < 1.29 is 0 Å². The van der Waals surface area contributed by atoms with E-state index >= 15 is 0 Å². The molecule has 86 valence electrons. The van der Waals surface area contributed by atoms with E-state index in [2.05, 4.69) is 48.7 Å². The summed E-state index contributed by atoms with van der Waals surface area (Å²) in [5, 5.41) is 3.57. The van der Waals surface area contributed by atoms with E-state index in [0.717, 1.165) is 12.5 Å². The van der Waals surface area contributed by atoms with Crippen LogP contribution in [0.15, 0.2) is 36.4 Å². The molecule has 1 N–H and O–H groups in total. The van der Waals surface area contributed by atoms with Crippen LogP contribution < -0.4 is 5.32 Å². The van der Waals surface area contributed by atoms with Gasteiger partial charge in [-0.15, -0.1) is 0 Å². The summed E-state index contributed by atoms with van der Waals surface area (Å²) in [6.07, 6.45) is 8.65. The highest BCUT2D eigenvalue weighted by atomic mass is 14.9. The third kappa shape index (κ3) is 3.21. The maximum atomic E-state index is 3.57. The summed E-state index contributed by atoms with van der Waals surface area (Å²) < 4.78 is 0. The third-order valence-electron chi connectivity index (χ3n) is 3.52. The predicted molar refractivity (Wildman–Crippen MR) is 70.3 cm³/mol. The minimum Gasteiger partial charge on any atom is -0.311 e. The highest BCUT2D eigenvalue weighted by Gasteiger charge is 2.22. The largest absolute Gasteiger partial charge is 0.311 e. The van der Waals surface area contributed by atoms with E-state index in [1.54, 1.807) is 0 Å². The molecule has 1 saturated carbocycles. The fourth-order valence-corrected chi connectivity index (χ4v) is 2.12. The van der Waals surface area contributed by atoms with E-state index in [-0.39, 0.29) is 0 Å². The first-order valence-electron chi connectivity index (χ1n) is 6.31. The molecule has 0 aliphatic heterocycles. The monoisotopic (exact) mass is 215 g/mol. The number of benzene rings is 1. The zero-order valence-electron chi connectivity index (χ0n) is 10.0. The molecule has 0 bridgehead atoms. The Labute approximate surface area is 98.6 Å². The second kappa shape index (κ2) is 5.86. The summed E-state index contributed by atoms with van der Waals surface area (Å²) in [6.45, 7) is 3.28. The summed E-state index contributed by atoms with van der Waals surface area (Å²) >= 11 is 0. The van der Waals surface area contributed by atoms with Crippen molar-refractivity contribution in [3.05, 3.63) is 42.0 Å². The zero-order chi connectivity index (χ0) is 11.2. The smallest absolute Gasteiger partial charge is 0.0140 e. The van der Waals surface area contributed by atoms with Crippen molar-refractivity contribution >= 4 is 6.08 Å². The van der Waals surface area contributed by atoms with Crippen LogP contribution in [0.1, 0.15) is 31.7 Å². The second-order valence-electron chi connectivity index (χ2n) is 4.70. The van der Waals surface area contributed by atoms with E-state index in [0.29, 0.717) is 6.04 Å². The number of hydrogen-bond acceptors (Lipinski definition) is 1. The van der Waals surface area contributed by atoms with E-state index in [4.69, 9.17) is 0 Å². The summed E-state index contributed by atoms with van der Waals surface area (Å²) in [5.41, 5.74) is 1.28. The molecular formula is C15H21N. The molecule has 1 fully saturated rings. The van der Waals surface area contributed by atoms with Crippen LogP contribution in [0, 0.1) is 5.92 Å². The molecule has 1 aromatic carbocycles. The van der Waals surface area contributed by atoms with Gasteiger partial charge in [-0.05, 0) is 31.2 Å². The highest BCUT2D eigenvalue weighted by molar-refractivity contribution is 5.48. The molecule has 1 aliphatic carbocycles. The number of hydrogen-bond donors (Lipinski definition) is 1. The zero-order valence-corrected chi connectivity index (χ0v) is 10.0. The summed E-state index contributed by atoms with van der Waals surface area (Å²) in [7, 11) is 0. The van der Waals surface area contributed by atoms with Crippen molar-refractivity contribution in [1.82, 2.24) is 5.32 Å². The Bertz CT molecular complexity index is 325. The Morgan fingerprint density at radius 3 is 2.69 bits per heavy atom. The molecule has 0 spiro atoms. The molecule has 1 atom stereocenters. The highest BCUT2D eigenvalue weighted by Crippen LogP contribution is 2.29. The molecule has 0 radical (unpaired) electrons. The van der Waals surface area contributed by atoms with Crippen LogP contribution in [-0.4, -0.2) is 12.6 Å². The van der Waals surface area contributed by atoms with Crippen LogP contribution in [-0.2, 0) is 0 Å². The van der Waals surface area contributed by atoms with Gasteiger partial charge in [-0.3, -0.25) is 0 Å². The molecule has 1 unspecified atom stereocenters. The van der Waals surface area contributed by atoms with E-state index < -0.39 is 0 Å². The van der Waals surface area contributed by atoms with Crippen LogP contribution in [0.2, 0.25) is 0 Å². The van der Waals surface area contributed by atoms with Gasteiger partial charge in [0.2, 0.25) is 0 Å². The van der Waals surface area contributed by atoms with Crippen LogP contribution in [0.25, 0.3) is 6.08 Å². The SMILES string of the molecule is CC(NC/C=C/c1ccccc1)C1CCC1. The van der Waals surface area contributed by atoms with Gasteiger partial charge in [0.05, 0.1) is 0 Å². The molecular weight excluding hydrogens is 194 g/mol. The Morgan fingerprint density at radius 2 is 2.06 bits per heavy atom.